The molecule has 2 rings (SSSR count). The van der Waals surface area contributed by atoms with Crippen LogP contribution in [0.5, 0.6) is 0 Å². The third-order valence-electron chi connectivity index (χ3n) is 2.92. The van der Waals surface area contributed by atoms with Gasteiger partial charge in [-0.3, -0.25) is 10.1 Å². The average molecular weight is 361 g/mol. The summed E-state index contributed by atoms with van der Waals surface area (Å²) in [5.41, 5.74) is 1.24. The summed E-state index contributed by atoms with van der Waals surface area (Å²) in [5, 5.41) is 14.4. The quantitative estimate of drug-likeness (QED) is 0.574. The summed E-state index contributed by atoms with van der Waals surface area (Å²) >= 11 is 10.8. The number of hydrogen-bond acceptors (Lipinski definition) is 3. The molecular weight excluding hydrogens is 348 g/mol. The van der Waals surface area contributed by atoms with Gasteiger partial charge in [0.1, 0.15) is 0 Å². The number of thiocarbonyl (C=S) groups is 1. The number of benzene rings is 2. The van der Waals surface area contributed by atoms with Gasteiger partial charge in [-0.2, -0.15) is 0 Å². The first-order valence-electron chi connectivity index (χ1n) is 6.83. The van der Waals surface area contributed by atoms with Gasteiger partial charge in [-0.05, 0) is 42.1 Å². The summed E-state index contributed by atoms with van der Waals surface area (Å²) in [7, 11) is 0. The predicted molar refractivity (Wildman–Crippen MR) is 98.3 cm³/mol. The molecule has 0 atom stereocenters. The molecule has 122 valence electrons. The number of anilines is 1. The Bertz CT molecular complexity index is 807. The molecule has 0 saturated heterocycles. The lowest BCUT2D eigenvalue weighted by molar-refractivity contribution is -0.115. The minimum Gasteiger partial charge on any atom is -0.478 e. The van der Waals surface area contributed by atoms with Gasteiger partial charge >= 0.3 is 5.97 Å². The van der Waals surface area contributed by atoms with Crippen molar-refractivity contribution in [1.82, 2.24) is 5.32 Å². The molecule has 2 aromatic rings. The summed E-state index contributed by atoms with van der Waals surface area (Å²) in [6.45, 7) is 0. The van der Waals surface area contributed by atoms with Gasteiger partial charge in [0.05, 0.1) is 10.6 Å². The van der Waals surface area contributed by atoms with Crippen molar-refractivity contribution in [3.05, 3.63) is 70.8 Å². The molecule has 0 aliphatic heterocycles. The van der Waals surface area contributed by atoms with E-state index in [-0.39, 0.29) is 15.7 Å². The largest absolute Gasteiger partial charge is 0.478 e. The first kappa shape index (κ1) is 17.7. The van der Waals surface area contributed by atoms with E-state index in [1.54, 1.807) is 12.1 Å². The second kappa shape index (κ2) is 8.24. The van der Waals surface area contributed by atoms with Crippen molar-refractivity contribution in [3.63, 3.8) is 0 Å². The van der Waals surface area contributed by atoms with Gasteiger partial charge in [-0.1, -0.05) is 41.9 Å². The second-order valence-electron chi connectivity index (χ2n) is 4.69. The lowest BCUT2D eigenvalue weighted by Crippen LogP contribution is -2.32. The SMILES string of the molecule is O=C(/C=C/c1ccccc1)NC(=S)Nc1ccc(Cl)c(C(=O)O)c1. The van der Waals surface area contributed by atoms with Gasteiger partial charge in [0, 0.05) is 11.8 Å². The molecule has 3 N–H and O–H groups in total. The number of carbonyl (C=O) groups excluding carboxylic acids is 1. The van der Waals surface area contributed by atoms with E-state index in [9.17, 15) is 9.59 Å². The van der Waals surface area contributed by atoms with Gasteiger partial charge in [0.2, 0.25) is 5.91 Å². The van der Waals surface area contributed by atoms with Crippen molar-refractivity contribution in [3.8, 4) is 0 Å². The predicted octanol–water partition coefficient (Wildman–Crippen LogP) is 3.56. The van der Waals surface area contributed by atoms with Crippen LogP contribution in [0.1, 0.15) is 15.9 Å². The maximum atomic E-state index is 11.8. The van der Waals surface area contributed by atoms with E-state index in [0.29, 0.717) is 5.69 Å². The Balaban J connectivity index is 1.96. The lowest BCUT2D eigenvalue weighted by atomic mass is 10.2. The van der Waals surface area contributed by atoms with E-state index in [1.165, 1.54) is 18.2 Å². The summed E-state index contributed by atoms with van der Waals surface area (Å²) in [5.74, 6) is -1.55. The summed E-state index contributed by atoms with van der Waals surface area (Å²) < 4.78 is 0. The Hall–Kier alpha value is -2.70. The molecule has 1 amide bonds. The Morgan fingerprint density at radius 2 is 1.83 bits per heavy atom. The fourth-order valence-electron chi connectivity index (χ4n) is 1.82. The molecular formula is C17H13ClN2O3S. The van der Waals surface area contributed by atoms with E-state index in [0.717, 1.165) is 5.56 Å². The van der Waals surface area contributed by atoms with Crippen LogP contribution in [0.4, 0.5) is 5.69 Å². The number of amides is 1. The van der Waals surface area contributed by atoms with Crippen molar-refractivity contribution in [2.24, 2.45) is 0 Å². The number of carbonyl (C=O) groups is 2. The topological polar surface area (TPSA) is 78.4 Å². The Morgan fingerprint density at radius 3 is 2.50 bits per heavy atom. The monoisotopic (exact) mass is 360 g/mol. The maximum absolute atomic E-state index is 11.8. The average Bonchev–Trinajstić information content (AvgIpc) is 2.55. The number of nitrogens with one attached hydrogen (secondary N) is 2. The first-order valence-corrected chi connectivity index (χ1v) is 7.62. The van der Waals surface area contributed by atoms with E-state index < -0.39 is 11.9 Å². The summed E-state index contributed by atoms with van der Waals surface area (Å²) in [4.78, 5) is 22.8. The highest BCUT2D eigenvalue weighted by Gasteiger charge is 2.10. The van der Waals surface area contributed by atoms with Crippen LogP contribution in [-0.2, 0) is 4.79 Å². The van der Waals surface area contributed by atoms with Crippen molar-refractivity contribution < 1.29 is 14.7 Å². The van der Waals surface area contributed by atoms with Crippen LogP contribution >= 0.6 is 23.8 Å². The zero-order chi connectivity index (χ0) is 17.5. The standard InChI is InChI=1S/C17H13ClN2O3S/c18-14-8-7-12(10-13(14)16(22)23)19-17(24)20-15(21)9-6-11-4-2-1-3-5-11/h1-10H,(H,22,23)(H2,19,20,21,24)/b9-6+. The molecule has 0 spiro atoms. The first-order chi connectivity index (χ1) is 11.5. The van der Waals surface area contributed by atoms with Crippen LogP contribution in [0.25, 0.3) is 6.08 Å². The summed E-state index contributed by atoms with van der Waals surface area (Å²) in [6, 6.07) is 13.7. The molecule has 5 nitrogen and oxygen atoms in total. The minimum absolute atomic E-state index is 0.0522. The van der Waals surface area contributed by atoms with E-state index >= 15 is 0 Å². The molecule has 0 aliphatic rings. The molecule has 0 unspecified atom stereocenters. The third-order valence-corrected chi connectivity index (χ3v) is 3.45. The normalized spacial score (nSPS) is 10.4. The highest BCUT2D eigenvalue weighted by molar-refractivity contribution is 7.80. The van der Waals surface area contributed by atoms with Gasteiger partial charge in [-0.15, -0.1) is 0 Å². The van der Waals surface area contributed by atoms with Crippen LogP contribution in [0.2, 0.25) is 5.02 Å². The third kappa shape index (κ3) is 5.19. The smallest absolute Gasteiger partial charge is 0.337 e. The zero-order valence-corrected chi connectivity index (χ0v) is 13.9. The van der Waals surface area contributed by atoms with Crippen LogP contribution in [0.3, 0.4) is 0 Å². The number of hydrogen-bond donors (Lipinski definition) is 3. The van der Waals surface area contributed by atoms with Crippen LogP contribution < -0.4 is 10.6 Å². The molecule has 0 fully saturated rings. The van der Waals surface area contributed by atoms with Crippen LogP contribution in [0.15, 0.2) is 54.6 Å². The molecule has 0 saturated carbocycles. The second-order valence-corrected chi connectivity index (χ2v) is 5.50. The van der Waals surface area contributed by atoms with E-state index in [2.05, 4.69) is 10.6 Å². The van der Waals surface area contributed by atoms with Gasteiger partial charge in [0.15, 0.2) is 5.11 Å². The number of carboxylic acids is 1. The summed E-state index contributed by atoms with van der Waals surface area (Å²) in [6.07, 6.45) is 3.01. The fourth-order valence-corrected chi connectivity index (χ4v) is 2.24. The molecule has 0 aromatic heterocycles. The van der Waals surface area contributed by atoms with Gasteiger partial charge in [-0.25, -0.2) is 4.79 Å². The Kier molecular flexibility index (Phi) is 6.06. The van der Waals surface area contributed by atoms with Crippen molar-refractivity contribution >= 4 is 52.6 Å². The minimum atomic E-state index is -1.15. The number of rotatable bonds is 4. The molecule has 0 bridgehead atoms. The van der Waals surface area contributed by atoms with Gasteiger partial charge in [0.25, 0.3) is 0 Å². The van der Waals surface area contributed by atoms with E-state index in [4.69, 9.17) is 28.9 Å². The Morgan fingerprint density at radius 1 is 1.12 bits per heavy atom. The van der Waals surface area contributed by atoms with Crippen LogP contribution in [0, 0.1) is 0 Å². The maximum Gasteiger partial charge on any atom is 0.337 e. The molecule has 0 heterocycles. The van der Waals surface area contributed by atoms with Crippen molar-refractivity contribution in [2.45, 2.75) is 0 Å². The van der Waals surface area contributed by atoms with Crippen molar-refractivity contribution in [1.29, 1.82) is 0 Å². The molecule has 2 aromatic carbocycles. The fraction of sp³-hybridized carbons (Fsp3) is 0. The van der Waals surface area contributed by atoms with E-state index in [1.807, 2.05) is 30.3 Å². The van der Waals surface area contributed by atoms with Gasteiger partial charge < -0.3 is 10.4 Å². The Labute approximate surface area is 149 Å². The molecule has 7 heteroatoms. The highest BCUT2D eigenvalue weighted by atomic mass is 35.5. The number of halogens is 1. The molecule has 24 heavy (non-hydrogen) atoms. The van der Waals surface area contributed by atoms with Crippen LogP contribution in [-0.4, -0.2) is 22.1 Å². The number of aromatic carboxylic acids is 1. The number of carboxylic acid groups (broad SMARTS) is 1. The molecule has 0 aliphatic carbocycles. The zero-order valence-electron chi connectivity index (χ0n) is 12.3. The molecule has 0 radical (unpaired) electrons. The lowest BCUT2D eigenvalue weighted by Gasteiger charge is -2.09. The highest BCUT2D eigenvalue weighted by Crippen LogP contribution is 2.20. The van der Waals surface area contributed by atoms with Crippen molar-refractivity contribution in [2.75, 3.05) is 5.32 Å².